The largest absolute Gasteiger partial charge is 0.352 e. The Morgan fingerprint density at radius 1 is 1.23 bits per heavy atom. The van der Waals surface area contributed by atoms with Crippen LogP contribution in [0.4, 0.5) is 0 Å². The summed E-state index contributed by atoms with van der Waals surface area (Å²) in [6, 6.07) is 9.45. The third kappa shape index (κ3) is 4.23. The Morgan fingerprint density at radius 3 is 2.68 bits per heavy atom. The van der Waals surface area contributed by atoms with Crippen molar-refractivity contribution in [2.75, 3.05) is 19.6 Å². The van der Waals surface area contributed by atoms with Gasteiger partial charge in [-0.25, -0.2) is 0 Å². The molecule has 1 saturated heterocycles. The van der Waals surface area contributed by atoms with E-state index in [1.54, 1.807) is 0 Å². The van der Waals surface area contributed by atoms with Gasteiger partial charge in [0.25, 0.3) is 0 Å². The highest BCUT2D eigenvalue weighted by molar-refractivity contribution is 5.81. The van der Waals surface area contributed by atoms with Crippen molar-refractivity contribution in [1.29, 1.82) is 0 Å². The van der Waals surface area contributed by atoms with Gasteiger partial charge in [-0.3, -0.25) is 9.89 Å². The molecule has 2 heterocycles. The first-order chi connectivity index (χ1) is 10.7. The summed E-state index contributed by atoms with van der Waals surface area (Å²) in [7, 11) is 0. The van der Waals surface area contributed by atoms with E-state index >= 15 is 0 Å². The first kappa shape index (κ1) is 15.3. The molecule has 2 aliphatic rings. The highest BCUT2D eigenvalue weighted by Gasteiger charge is 2.16. The van der Waals surface area contributed by atoms with Crippen LogP contribution in [0.1, 0.15) is 37.8 Å². The minimum Gasteiger partial charge on any atom is -0.352 e. The number of aliphatic imine (C=N–C) groups is 1. The van der Waals surface area contributed by atoms with Crippen LogP contribution >= 0.6 is 0 Å². The van der Waals surface area contributed by atoms with Crippen molar-refractivity contribution < 1.29 is 0 Å². The van der Waals surface area contributed by atoms with Gasteiger partial charge in [0.1, 0.15) is 0 Å². The molecule has 0 aliphatic carbocycles. The van der Waals surface area contributed by atoms with E-state index in [1.165, 1.54) is 37.1 Å². The lowest BCUT2D eigenvalue weighted by molar-refractivity contribution is 0.176. The lowest BCUT2D eigenvalue weighted by Crippen LogP contribution is -2.37. The predicted molar refractivity (Wildman–Crippen MR) is 91.9 cm³/mol. The molecule has 3 rings (SSSR count). The van der Waals surface area contributed by atoms with Crippen LogP contribution in [0.2, 0.25) is 0 Å². The molecule has 120 valence electrons. The first-order valence-electron chi connectivity index (χ1n) is 8.54. The molecular weight excluding hydrogens is 272 g/mol. The fourth-order valence-electron chi connectivity index (χ4n) is 3.30. The second-order valence-corrected chi connectivity index (χ2v) is 6.89. The molecule has 4 heteroatoms. The number of hydrogen-bond donors (Lipinski definition) is 2. The highest BCUT2D eigenvalue weighted by Crippen LogP contribution is 2.18. The van der Waals surface area contributed by atoms with Crippen LogP contribution in [0, 0.1) is 5.92 Å². The Bertz CT molecular complexity index is 508. The van der Waals surface area contributed by atoms with Gasteiger partial charge >= 0.3 is 0 Å². The molecule has 0 radical (unpaired) electrons. The maximum absolute atomic E-state index is 4.42. The maximum atomic E-state index is 4.42. The molecule has 1 aromatic carbocycles. The molecule has 2 N–H and O–H groups in total. The van der Waals surface area contributed by atoms with Crippen LogP contribution in [0.15, 0.2) is 29.3 Å². The predicted octanol–water partition coefficient (Wildman–Crippen LogP) is 2.36. The minimum absolute atomic E-state index is 0.455. The standard InChI is InChI=1S/C18H28N4/c1-14-4-3-9-22(12-14)13-17-7-5-16(6-8-17)11-20-18-19-10-15(2)21-18/h5-8,14-15H,3-4,9-13H2,1-2H3,(H2,19,20,21). The van der Waals surface area contributed by atoms with Crippen molar-refractivity contribution in [3.8, 4) is 0 Å². The maximum Gasteiger partial charge on any atom is 0.191 e. The van der Waals surface area contributed by atoms with E-state index in [2.05, 4.69) is 58.6 Å². The average Bonchev–Trinajstić information content (AvgIpc) is 2.92. The SMILES string of the molecule is CC1CCCN(Cc2ccc(CNC3=NCC(C)N3)cc2)C1. The molecule has 0 saturated carbocycles. The number of piperidine rings is 1. The number of nitrogens with zero attached hydrogens (tertiary/aromatic N) is 2. The quantitative estimate of drug-likeness (QED) is 0.897. The molecule has 1 fully saturated rings. The van der Waals surface area contributed by atoms with E-state index in [-0.39, 0.29) is 0 Å². The molecule has 2 atom stereocenters. The van der Waals surface area contributed by atoms with Crippen LogP contribution in [-0.2, 0) is 13.1 Å². The number of hydrogen-bond acceptors (Lipinski definition) is 4. The molecule has 0 aromatic heterocycles. The van der Waals surface area contributed by atoms with Crippen LogP contribution in [0.3, 0.4) is 0 Å². The number of guanidine groups is 1. The van der Waals surface area contributed by atoms with Gasteiger partial charge in [-0.2, -0.15) is 0 Å². The summed E-state index contributed by atoms with van der Waals surface area (Å²) in [5.41, 5.74) is 2.72. The molecule has 1 aromatic rings. The summed E-state index contributed by atoms with van der Waals surface area (Å²) >= 11 is 0. The minimum atomic E-state index is 0.455. The second kappa shape index (κ2) is 7.14. The Balaban J connectivity index is 1.47. The monoisotopic (exact) mass is 300 g/mol. The van der Waals surface area contributed by atoms with E-state index in [4.69, 9.17) is 0 Å². The Kier molecular flexibility index (Phi) is 4.98. The summed E-state index contributed by atoms with van der Waals surface area (Å²) in [6.45, 7) is 9.79. The van der Waals surface area contributed by atoms with Gasteiger partial charge in [-0.15, -0.1) is 0 Å². The van der Waals surface area contributed by atoms with Crippen molar-refractivity contribution in [2.45, 2.75) is 45.8 Å². The van der Waals surface area contributed by atoms with Crippen molar-refractivity contribution >= 4 is 5.96 Å². The smallest absolute Gasteiger partial charge is 0.191 e. The van der Waals surface area contributed by atoms with Crippen LogP contribution in [-0.4, -0.2) is 36.5 Å². The summed E-state index contributed by atoms with van der Waals surface area (Å²) < 4.78 is 0. The third-order valence-electron chi connectivity index (χ3n) is 4.54. The number of nitrogens with one attached hydrogen (secondary N) is 2. The van der Waals surface area contributed by atoms with Crippen LogP contribution in [0.25, 0.3) is 0 Å². The van der Waals surface area contributed by atoms with E-state index < -0.39 is 0 Å². The van der Waals surface area contributed by atoms with Crippen molar-refractivity contribution in [1.82, 2.24) is 15.5 Å². The Morgan fingerprint density at radius 2 is 2.00 bits per heavy atom. The Hall–Kier alpha value is -1.55. The summed E-state index contributed by atoms with van der Waals surface area (Å²) in [6.07, 6.45) is 2.73. The highest BCUT2D eigenvalue weighted by atomic mass is 15.2. The fraction of sp³-hybridized carbons (Fsp3) is 0.611. The average molecular weight is 300 g/mol. The zero-order valence-corrected chi connectivity index (χ0v) is 13.8. The number of benzene rings is 1. The lowest BCUT2D eigenvalue weighted by Gasteiger charge is -2.30. The van der Waals surface area contributed by atoms with Gasteiger partial charge in [0, 0.05) is 25.7 Å². The van der Waals surface area contributed by atoms with Gasteiger partial charge in [0.15, 0.2) is 5.96 Å². The van der Waals surface area contributed by atoms with E-state index in [1.807, 2.05) is 0 Å². The molecular formula is C18H28N4. The van der Waals surface area contributed by atoms with E-state index in [9.17, 15) is 0 Å². The molecule has 0 amide bonds. The normalized spacial score (nSPS) is 25.6. The molecule has 4 nitrogen and oxygen atoms in total. The van der Waals surface area contributed by atoms with Crippen molar-refractivity contribution in [2.24, 2.45) is 10.9 Å². The van der Waals surface area contributed by atoms with Gasteiger partial charge in [-0.1, -0.05) is 31.2 Å². The topological polar surface area (TPSA) is 39.7 Å². The van der Waals surface area contributed by atoms with Crippen LogP contribution < -0.4 is 10.6 Å². The summed E-state index contributed by atoms with van der Waals surface area (Å²) in [5, 5.41) is 6.69. The molecule has 2 aliphatic heterocycles. The zero-order valence-electron chi connectivity index (χ0n) is 13.8. The molecule has 2 unspecified atom stereocenters. The lowest BCUT2D eigenvalue weighted by atomic mass is 9.99. The van der Waals surface area contributed by atoms with Crippen molar-refractivity contribution in [3.63, 3.8) is 0 Å². The molecule has 22 heavy (non-hydrogen) atoms. The van der Waals surface area contributed by atoms with Crippen molar-refractivity contribution in [3.05, 3.63) is 35.4 Å². The fourth-order valence-corrected chi connectivity index (χ4v) is 3.30. The van der Waals surface area contributed by atoms with Gasteiger partial charge in [0.2, 0.25) is 0 Å². The zero-order chi connectivity index (χ0) is 15.4. The van der Waals surface area contributed by atoms with Gasteiger partial charge < -0.3 is 10.6 Å². The van der Waals surface area contributed by atoms with E-state index in [0.717, 1.165) is 31.5 Å². The number of likely N-dealkylation sites (tertiary alicyclic amines) is 1. The number of rotatable bonds is 4. The molecule has 0 bridgehead atoms. The third-order valence-corrected chi connectivity index (χ3v) is 4.54. The second-order valence-electron chi connectivity index (χ2n) is 6.89. The van der Waals surface area contributed by atoms with Gasteiger partial charge in [0.05, 0.1) is 6.54 Å². The Labute approximate surface area is 134 Å². The van der Waals surface area contributed by atoms with E-state index in [0.29, 0.717) is 6.04 Å². The first-order valence-corrected chi connectivity index (χ1v) is 8.54. The van der Waals surface area contributed by atoms with Gasteiger partial charge in [-0.05, 0) is 43.4 Å². The summed E-state index contributed by atoms with van der Waals surface area (Å²) in [4.78, 5) is 7.00. The molecule has 0 spiro atoms. The van der Waals surface area contributed by atoms with Crippen LogP contribution in [0.5, 0.6) is 0 Å². The summed E-state index contributed by atoms with van der Waals surface area (Å²) in [5.74, 6) is 1.78.